The average Bonchev–Trinajstić information content (AvgIpc) is 2.76. The molecule has 0 aliphatic rings. The number of nitrogens with one attached hydrogen (secondary N) is 2. The lowest BCUT2D eigenvalue weighted by Crippen LogP contribution is -2.33. The summed E-state index contributed by atoms with van der Waals surface area (Å²) >= 11 is 1.16. The molecule has 1 aromatic heterocycles. The molecule has 0 bridgehead atoms. The number of rotatable bonds is 7. The Bertz CT molecular complexity index is 278. The monoisotopic (exact) mass is 230 g/mol. The summed E-state index contributed by atoms with van der Waals surface area (Å²) in [6.45, 7) is 2.74. The first kappa shape index (κ1) is 12.0. The quantitative estimate of drug-likeness (QED) is 0.618. The number of carbonyl (C=O) groups excluding carboxylic acids is 1. The maximum Gasteiger partial charge on any atom is 0.272 e. The zero-order chi connectivity index (χ0) is 10.9. The minimum atomic E-state index is -0.183. The van der Waals surface area contributed by atoms with Crippen LogP contribution in [0.1, 0.15) is 10.5 Å². The van der Waals surface area contributed by atoms with Gasteiger partial charge in [0.05, 0.1) is 6.61 Å². The molecule has 0 unspecified atom stereocenters. The van der Waals surface area contributed by atoms with Gasteiger partial charge in [-0.25, -0.2) is 0 Å². The van der Waals surface area contributed by atoms with Crippen molar-refractivity contribution in [2.45, 2.75) is 0 Å². The van der Waals surface area contributed by atoms with E-state index in [9.17, 15) is 4.79 Å². The highest BCUT2D eigenvalue weighted by atomic mass is 32.1. The third kappa shape index (κ3) is 4.82. The van der Waals surface area contributed by atoms with Crippen LogP contribution in [0, 0.1) is 0 Å². The Hall–Kier alpha value is -1.05. The van der Waals surface area contributed by atoms with Crippen LogP contribution in [-0.2, 0) is 4.74 Å². The molecule has 7 heteroatoms. The van der Waals surface area contributed by atoms with Gasteiger partial charge in [-0.2, -0.15) is 0 Å². The first-order valence-electron chi connectivity index (χ1n) is 4.59. The predicted octanol–water partition coefficient (Wildman–Crippen LogP) is -0.496. The van der Waals surface area contributed by atoms with E-state index in [1.165, 1.54) is 0 Å². The highest BCUT2D eigenvalue weighted by Gasteiger charge is 2.06. The molecule has 0 aliphatic heterocycles. The lowest BCUT2D eigenvalue weighted by Gasteiger charge is -2.04. The fourth-order valence-corrected chi connectivity index (χ4v) is 1.35. The van der Waals surface area contributed by atoms with Gasteiger partial charge in [-0.3, -0.25) is 4.79 Å². The van der Waals surface area contributed by atoms with Gasteiger partial charge in [-0.05, 0) is 11.5 Å². The molecule has 2 N–H and O–H groups in total. The minimum Gasteiger partial charge on any atom is -0.383 e. The van der Waals surface area contributed by atoms with E-state index in [1.807, 2.05) is 0 Å². The maximum atomic E-state index is 11.3. The topological polar surface area (TPSA) is 76.1 Å². The van der Waals surface area contributed by atoms with E-state index in [0.717, 1.165) is 18.1 Å². The molecule has 1 heterocycles. The Morgan fingerprint density at radius 2 is 2.40 bits per heavy atom. The summed E-state index contributed by atoms with van der Waals surface area (Å²) < 4.78 is 8.47. The smallest absolute Gasteiger partial charge is 0.272 e. The summed E-state index contributed by atoms with van der Waals surface area (Å²) in [6, 6.07) is 0. The molecule has 1 amide bonds. The zero-order valence-corrected chi connectivity index (χ0v) is 9.34. The number of amides is 1. The summed E-state index contributed by atoms with van der Waals surface area (Å²) in [4.78, 5) is 11.3. The number of ether oxygens (including phenoxy) is 1. The maximum absolute atomic E-state index is 11.3. The molecule has 0 saturated carbocycles. The van der Waals surface area contributed by atoms with Crippen LogP contribution in [0.25, 0.3) is 0 Å². The lowest BCUT2D eigenvalue weighted by atomic mass is 10.4. The fourth-order valence-electron chi connectivity index (χ4n) is 0.918. The summed E-state index contributed by atoms with van der Waals surface area (Å²) in [5.74, 6) is -0.183. The molecule has 0 radical (unpaired) electrons. The second-order valence-electron chi connectivity index (χ2n) is 2.79. The Morgan fingerprint density at radius 3 is 3.07 bits per heavy atom. The van der Waals surface area contributed by atoms with Gasteiger partial charge >= 0.3 is 0 Å². The standard InChI is InChI=1S/C8H14N4O2S/c1-14-5-4-9-2-3-10-8(13)7-6-15-12-11-7/h6,9H,2-5H2,1H3,(H,10,13). The van der Waals surface area contributed by atoms with E-state index in [0.29, 0.717) is 25.4 Å². The van der Waals surface area contributed by atoms with Crippen molar-refractivity contribution in [3.8, 4) is 0 Å². The zero-order valence-electron chi connectivity index (χ0n) is 8.52. The van der Waals surface area contributed by atoms with Gasteiger partial charge in [-0.1, -0.05) is 4.49 Å². The summed E-state index contributed by atoms with van der Waals surface area (Å²) in [5.41, 5.74) is 0.372. The number of hydrogen-bond donors (Lipinski definition) is 2. The van der Waals surface area contributed by atoms with Crippen LogP contribution in [0.5, 0.6) is 0 Å². The minimum absolute atomic E-state index is 0.183. The van der Waals surface area contributed by atoms with Crippen LogP contribution in [0.3, 0.4) is 0 Å². The normalized spacial score (nSPS) is 10.2. The molecule has 0 spiro atoms. The second kappa shape index (κ2) is 7.27. The van der Waals surface area contributed by atoms with E-state index in [-0.39, 0.29) is 5.91 Å². The molecule has 0 saturated heterocycles. The number of aromatic nitrogens is 2. The van der Waals surface area contributed by atoms with Gasteiger partial charge in [0.25, 0.3) is 5.91 Å². The van der Waals surface area contributed by atoms with Gasteiger partial charge < -0.3 is 15.4 Å². The van der Waals surface area contributed by atoms with E-state index in [4.69, 9.17) is 4.74 Å². The summed E-state index contributed by atoms with van der Waals surface area (Å²) in [5, 5.41) is 11.1. The largest absolute Gasteiger partial charge is 0.383 e. The third-order valence-corrected chi connectivity index (χ3v) is 2.17. The number of methoxy groups -OCH3 is 1. The molecule has 0 aromatic carbocycles. The van der Waals surface area contributed by atoms with E-state index < -0.39 is 0 Å². The molecule has 1 aromatic rings. The van der Waals surface area contributed by atoms with E-state index in [1.54, 1.807) is 12.5 Å². The fraction of sp³-hybridized carbons (Fsp3) is 0.625. The first-order chi connectivity index (χ1) is 7.34. The van der Waals surface area contributed by atoms with Crippen molar-refractivity contribution >= 4 is 17.4 Å². The average molecular weight is 230 g/mol. The highest BCUT2D eigenvalue weighted by molar-refractivity contribution is 7.03. The molecule has 84 valence electrons. The van der Waals surface area contributed by atoms with Crippen molar-refractivity contribution < 1.29 is 9.53 Å². The molecule has 0 aliphatic carbocycles. The highest BCUT2D eigenvalue weighted by Crippen LogP contribution is 1.95. The molecular formula is C8H14N4O2S. The summed E-state index contributed by atoms with van der Waals surface area (Å²) in [6.07, 6.45) is 0. The van der Waals surface area contributed by atoms with Gasteiger partial charge in [0.2, 0.25) is 0 Å². The molecule has 1 rings (SSSR count). The van der Waals surface area contributed by atoms with Crippen molar-refractivity contribution in [2.24, 2.45) is 0 Å². The lowest BCUT2D eigenvalue weighted by molar-refractivity contribution is 0.0948. The van der Waals surface area contributed by atoms with E-state index in [2.05, 4.69) is 20.2 Å². The SMILES string of the molecule is COCCNCCNC(=O)c1csnn1. The third-order valence-electron chi connectivity index (χ3n) is 1.66. The number of nitrogens with zero attached hydrogens (tertiary/aromatic N) is 2. The summed E-state index contributed by atoms with van der Waals surface area (Å²) in [7, 11) is 1.65. The van der Waals surface area contributed by atoms with Crippen LogP contribution >= 0.6 is 11.5 Å². The van der Waals surface area contributed by atoms with Crippen LogP contribution in [0.4, 0.5) is 0 Å². The van der Waals surface area contributed by atoms with Crippen LogP contribution in [0.2, 0.25) is 0 Å². The van der Waals surface area contributed by atoms with Gasteiger partial charge in [0, 0.05) is 32.1 Å². The van der Waals surface area contributed by atoms with Crippen molar-refractivity contribution in [3.63, 3.8) is 0 Å². The van der Waals surface area contributed by atoms with E-state index >= 15 is 0 Å². The molecule has 0 fully saturated rings. The first-order valence-corrected chi connectivity index (χ1v) is 5.43. The Labute approximate surface area is 92.2 Å². The Balaban J connectivity index is 2.03. The second-order valence-corrected chi connectivity index (χ2v) is 3.40. The van der Waals surface area contributed by atoms with Gasteiger partial charge in [0.1, 0.15) is 0 Å². The van der Waals surface area contributed by atoms with Gasteiger partial charge in [-0.15, -0.1) is 5.10 Å². The van der Waals surface area contributed by atoms with Crippen LogP contribution in [0.15, 0.2) is 5.38 Å². The van der Waals surface area contributed by atoms with Crippen molar-refractivity contribution in [1.29, 1.82) is 0 Å². The van der Waals surface area contributed by atoms with Crippen molar-refractivity contribution in [2.75, 3.05) is 33.4 Å². The van der Waals surface area contributed by atoms with Crippen LogP contribution < -0.4 is 10.6 Å². The number of hydrogen-bond acceptors (Lipinski definition) is 6. The van der Waals surface area contributed by atoms with Crippen molar-refractivity contribution in [3.05, 3.63) is 11.1 Å². The number of carbonyl (C=O) groups is 1. The Kier molecular flexibility index (Phi) is 5.83. The van der Waals surface area contributed by atoms with Gasteiger partial charge in [0.15, 0.2) is 5.69 Å². The molecule has 15 heavy (non-hydrogen) atoms. The molecule has 6 nitrogen and oxygen atoms in total. The van der Waals surface area contributed by atoms with Crippen LogP contribution in [-0.4, -0.2) is 48.8 Å². The predicted molar refractivity (Wildman–Crippen MR) is 57.0 cm³/mol. The molecule has 0 atom stereocenters. The molecular weight excluding hydrogens is 216 g/mol. The Morgan fingerprint density at radius 1 is 1.53 bits per heavy atom. The van der Waals surface area contributed by atoms with Crippen molar-refractivity contribution in [1.82, 2.24) is 20.2 Å².